The molecule has 0 radical (unpaired) electrons. The number of fused-ring (bicyclic) bond motifs is 1. The lowest BCUT2D eigenvalue weighted by Crippen LogP contribution is -2.19. The van der Waals surface area contributed by atoms with Crippen molar-refractivity contribution in [2.45, 2.75) is 59.0 Å². The zero-order valence-electron chi connectivity index (χ0n) is 20.4. The topological polar surface area (TPSA) is 67.1 Å². The normalized spacial score (nSPS) is 14.6. The third-order valence-electron chi connectivity index (χ3n) is 6.71. The molecule has 188 valence electrons. The first kappa shape index (κ1) is 25.1. The van der Waals surface area contributed by atoms with Crippen LogP contribution >= 0.6 is 0 Å². The molecule has 6 nitrogen and oxygen atoms in total. The van der Waals surface area contributed by atoms with Gasteiger partial charge < -0.3 is 14.7 Å². The molecule has 0 aliphatic carbocycles. The van der Waals surface area contributed by atoms with E-state index in [1.54, 1.807) is 11.3 Å². The number of nitrogens with zero attached hydrogens (tertiary/aromatic N) is 3. The van der Waals surface area contributed by atoms with Crippen LogP contribution in [-0.4, -0.2) is 40.0 Å². The van der Waals surface area contributed by atoms with E-state index in [1.807, 2.05) is 12.3 Å². The van der Waals surface area contributed by atoms with Crippen LogP contribution in [0, 0.1) is 24.5 Å². The number of anilines is 1. The molecule has 1 aromatic carbocycles. The SMILES string of the molecule is CCCC[C@H](CO)CC(=O)c1c(C)nc2c(OCc3c(F)cccc3F)cc(N3CCCC3)cn12. The Morgan fingerprint density at radius 3 is 2.60 bits per heavy atom. The van der Waals surface area contributed by atoms with Gasteiger partial charge in [0.15, 0.2) is 17.2 Å². The molecule has 0 saturated carbocycles. The molecule has 0 bridgehead atoms. The van der Waals surface area contributed by atoms with Gasteiger partial charge in [-0.25, -0.2) is 13.8 Å². The number of carbonyl (C=O) groups excluding carboxylic acids is 1. The lowest BCUT2D eigenvalue weighted by atomic mass is 9.95. The van der Waals surface area contributed by atoms with Crippen LogP contribution in [0.1, 0.15) is 67.2 Å². The van der Waals surface area contributed by atoms with Gasteiger partial charge in [0, 0.05) is 38.4 Å². The molecule has 4 rings (SSSR count). The zero-order valence-corrected chi connectivity index (χ0v) is 20.4. The van der Waals surface area contributed by atoms with Crippen molar-refractivity contribution in [1.82, 2.24) is 9.38 Å². The number of unbranched alkanes of at least 4 members (excludes halogenated alkanes) is 1. The molecule has 1 fully saturated rings. The number of halogens is 2. The largest absolute Gasteiger partial charge is 0.485 e. The molecule has 0 amide bonds. The summed E-state index contributed by atoms with van der Waals surface area (Å²) in [6.07, 6.45) is 7.00. The first-order chi connectivity index (χ1) is 16.9. The van der Waals surface area contributed by atoms with Crippen LogP contribution in [0.2, 0.25) is 0 Å². The average Bonchev–Trinajstić information content (AvgIpc) is 3.48. The third-order valence-corrected chi connectivity index (χ3v) is 6.71. The van der Waals surface area contributed by atoms with Gasteiger partial charge in [0.05, 0.1) is 16.9 Å². The monoisotopic (exact) mass is 485 g/mol. The first-order valence-electron chi connectivity index (χ1n) is 12.4. The van der Waals surface area contributed by atoms with Crippen molar-refractivity contribution in [3.05, 3.63) is 59.0 Å². The van der Waals surface area contributed by atoms with E-state index in [0.29, 0.717) is 22.8 Å². The smallest absolute Gasteiger partial charge is 0.181 e. The minimum Gasteiger partial charge on any atom is -0.485 e. The number of aliphatic hydroxyl groups excluding tert-OH is 1. The van der Waals surface area contributed by atoms with Gasteiger partial charge in [-0.1, -0.05) is 25.8 Å². The summed E-state index contributed by atoms with van der Waals surface area (Å²) >= 11 is 0. The number of aromatic nitrogens is 2. The third kappa shape index (κ3) is 5.48. The second-order valence-corrected chi connectivity index (χ2v) is 9.30. The highest BCUT2D eigenvalue weighted by molar-refractivity contribution is 5.97. The van der Waals surface area contributed by atoms with Gasteiger partial charge in [-0.3, -0.25) is 9.20 Å². The van der Waals surface area contributed by atoms with Crippen molar-refractivity contribution in [2.75, 3.05) is 24.6 Å². The first-order valence-corrected chi connectivity index (χ1v) is 12.4. The molecule has 3 aromatic rings. The van der Waals surface area contributed by atoms with E-state index < -0.39 is 11.6 Å². The predicted molar refractivity (Wildman–Crippen MR) is 131 cm³/mol. The number of ether oxygens (including phenoxy) is 1. The second-order valence-electron chi connectivity index (χ2n) is 9.30. The molecule has 0 spiro atoms. The van der Waals surface area contributed by atoms with E-state index in [4.69, 9.17) is 4.74 Å². The average molecular weight is 486 g/mol. The number of ketones is 1. The van der Waals surface area contributed by atoms with Gasteiger partial charge in [0.1, 0.15) is 23.9 Å². The Morgan fingerprint density at radius 2 is 1.94 bits per heavy atom. The van der Waals surface area contributed by atoms with Crippen LogP contribution in [0.4, 0.5) is 14.5 Å². The van der Waals surface area contributed by atoms with Crippen molar-refractivity contribution in [1.29, 1.82) is 0 Å². The van der Waals surface area contributed by atoms with Gasteiger partial charge in [-0.05, 0) is 44.2 Å². The molecule has 8 heteroatoms. The van der Waals surface area contributed by atoms with Crippen molar-refractivity contribution < 1.29 is 23.4 Å². The Kier molecular flexibility index (Phi) is 8.00. The summed E-state index contributed by atoms with van der Waals surface area (Å²) in [6, 6.07) is 5.55. The number of pyridine rings is 1. The molecule has 0 unspecified atom stereocenters. The van der Waals surface area contributed by atoms with Crippen LogP contribution in [-0.2, 0) is 6.61 Å². The molecule has 3 heterocycles. The summed E-state index contributed by atoms with van der Waals surface area (Å²) in [4.78, 5) is 20.2. The Bertz CT molecular complexity index is 1170. The van der Waals surface area contributed by atoms with Crippen LogP contribution in [0.15, 0.2) is 30.5 Å². The summed E-state index contributed by atoms with van der Waals surface area (Å²) in [5.74, 6) is -1.17. The molecule has 1 N–H and O–H groups in total. The number of hydrogen-bond acceptors (Lipinski definition) is 5. The highest BCUT2D eigenvalue weighted by atomic mass is 19.1. The van der Waals surface area contributed by atoms with Crippen LogP contribution in [0.5, 0.6) is 5.75 Å². The Balaban J connectivity index is 1.71. The molecule has 1 aliphatic heterocycles. The highest BCUT2D eigenvalue weighted by Gasteiger charge is 2.24. The number of carbonyl (C=O) groups is 1. The summed E-state index contributed by atoms with van der Waals surface area (Å²) in [5.41, 5.74) is 2.16. The van der Waals surface area contributed by atoms with Gasteiger partial charge in [0.2, 0.25) is 0 Å². The summed E-state index contributed by atoms with van der Waals surface area (Å²) < 4.78 is 36.1. The number of aliphatic hydroxyl groups is 1. The van der Waals surface area contributed by atoms with E-state index in [2.05, 4.69) is 16.8 Å². The molecular weight excluding hydrogens is 452 g/mol. The van der Waals surface area contributed by atoms with E-state index in [-0.39, 0.29) is 36.9 Å². The summed E-state index contributed by atoms with van der Waals surface area (Å²) in [5, 5.41) is 9.77. The quantitative estimate of drug-likeness (QED) is 0.365. The standard InChI is InChI=1S/C27H33F2N3O3/c1-3-4-8-19(16-33)13-24(34)26-18(2)30-27-25(35-17-21-22(28)9-7-10-23(21)29)14-20(15-32(26)27)31-11-5-6-12-31/h7,9-10,14-15,19,33H,3-6,8,11-13,16-17H2,1-2H3/t19-/m0/s1. The summed E-state index contributed by atoms with van der Waals surface area (Å²) in [7, 11) is 0. The summed E-state index contributed by atoms with van der Waals surface area (Å²) in [6.45, 7) is 5.29. The van der Waals surface area contributed by atoms with Gasteiger partial charge >= 0.3 is 0 Å². The molecule has 2 aromatic heterocycles. The number of Topliss-reactive ketones (excluding diaryl/α,β-unsaturated/α-hetero) is 1. The Hall–Kier alpha value is -3.00. The highest BCUT2D eigenvalue weighted by Crippen LogP contribution is 2.32. The van der Waals surface area contributed by atoms with E-state index >= 15 is 0 Å². The minimum atomic E-state index is -0.672. The van der Waals surface area contributed by atoms with Crippen molar-refractivity contribution in [3.63, 3.8) is 0 Å². The van der Waals surface area contributed by atoms with Crippen LogP contribution < -0.4 is 9.64 Å². The fourth-order valence-corrected chi connectivity index (χ4v) is 4.73. The van der Waals surface area contributed by atoms with Gasteiger partial charge in [-0.2, -0.15) is 0 Å². The number of aryl methyl sites for hydroxylation is 1. The van der Waals surface area contributed by atoms with Crippen molar-refractivity contribution in [2.24, 2.45) is 5.92 Å². The molecule has 1 saturated heterocycles. The number of rotatable bonds is 11. The maximum absolute atomic E-state index is 14.2. The maximum Gasteiger partial charge on any atom is 0.181 e. The fraction of sp³-hybridized carbons (Fsp3) is 0.481. The van der Waals surface area contributed by atoms with E-state index in [9.17, 15) is 18.7 Å². The molecular formula is C27H33F2N3O3. The van der Waals surface area contributed by atoms with E-state index in [0.717, 1.165) is 50.9 Å². The zero-order chi connectivity index (χ0) is 24.9. The fourth-order valence-electron chi connectivity index (χ4n) is 4.73. The van der Waals surface area contributed by atoms with Crippen molar-refractivity contribution >= 4 is 17.1 Å². The second kappa shape index (κ2) is 11.2. The number of imidazole rings is 1. The molecule has 1 aliphatic rings. The van der Waals surface area contributed by atoms with Crippen molar-refractivity contribution in [3.8, 4) is 5.75 Å². The lowest BCUT2D eigenvalue weighted by Gasteiger charge is -2.20. The van der Waals surface area contributed by atoms with E-state index in [1.165, 1.54) is 18.2 Å². The molecule has 1 atom stereocenters. The van der Waals surface area contributed by atoms with Gasteiger partial charge in [-0.15, -0.1) is 0 Å². The number of hydrogen-bond donors (Lipinski definition) is 1. The Labute approximate surface area is 204 Å². The molecule has 35 heavy (non-hydrogen) atoms. The Morgan fingerprint density at radius 1 is 1.23 bits per heavy atom. The van der Waals surface area contributed by atoms with Crippen LogP contribution in [0.25, 0.3) is 5.65 Å². The lowest BCUT2D eigenvalue weighted by molar-refractivity contribution is 0.0923. The number of benzene rings is 1. The maximum atomic E-state index is 14.2. The minimum absolute atomic E-state index is 0.0386. The predicted octanol–water partition coefficient (Wildman–Crippen LogP) is 5.47. The van der Waals surface area contributed by atoms with Crippen LogP contribution in [0.3, 0.4) is 0 Å². The van der Waals surface area contributed by atoms with Gasteiger partial charge in [0.25, 0.3) is 0 Å².